The van der Waals surface area contributed by atoms with Crippen LogP contribution in [0.2, 0.25) is 0 Å². The van der Waals surface area contributed by atoms with Gasteiger partial charge in [0.15, 0.2) is 12.6 Å². The van der Waals surface area contributed by atoms with Crippen molar-refractivity contribution >= 4 is 5.91 Å². The number of hydrogen-bond donors (Lipinski definition) is 8. The smallest absolute Gasteiger partial charge is 0.225 e. The average molecular weight is 678 g/mol. The van der Waals surface area contributed by atoms with Gasteiger partial charge in [-0.3, -0.25) is 4.79 Å². The van der Waals surface area contributed by atoms with E-state index >= 15 is 0 Å². The number of ether oxygens (including phenoxy) is 6. The van der Waals surface area contributed by atoms with Crippen LogP contribution in [0.25, 0.3) is 10.4 Å². The van der Waals surface area contributed by atoms with E-state index in [1.807, 2.05) is 14.1 Å². The predicted octanol–water partition coefficient (Wildman–Crippen LogP) is -2.86. The summed E-state index contributed by atoms with van der Waals surface area (Å²) in [4.78, 5) is 14.8. The number of aliphatic hydroxyl groups is 4. The Labute approximate surface area is 275 Å². The highest BCUT2D eigenvalue weighted by Gasteiger charge is 2.52. The molecule has 0 radical (unpaired) electrons. The third-order valence-corrected chi connectivity index (χ3v) is 9.93. The summed E-state index contributed by atoms with van der Waals surface area (Å²) in [6.07, 6.45) is -4.47. The van der Waals surface area contributed by atoms with E-state index in [9.17, 15) is 25.2 Å². The van der Waals surface area contributed by atoms with Crippen LogP contribution in [-0.4, -0.2) is 170 Å². The van der Waals surface area contributed by atoms with E-state index in [4.69, 9.17) is 34.0 Å². The van der Waals surface area contributed by atoms with E-state index < -0.39 is 73.1 Å². The number of aliphatic hydroxyl groups excluding tert-OH is 4. The van der Waals surface area contributed by atoms with Gasteiger partial charge >= 0.3 is 0 Å². The highest BCUT2D eigenvalue weighted by molar-refractivity contribution is 5.78. The molecule has 3 fully saturated rings. The quantitative estimate of drug-likeness (QED) is 0.0413. The van der Waals surface area contributed by atoms with Gasteiger partial charge in [0.2, 0.25) is 5.91 Å². The molecule has 2 aliphatic heterocycles. The minimum Gasteiger partial charge on any atom is -0.396 e. The molecule has 1 amide bonds. The zero-order valence-corrected chi connectivity index (χ0v) is 27.9. The molecule has 1 aliphatic carbocycles. The molecule has 272 valence electrons. The van der Waals surface area contributed by atoms with Crippen LogP contribution in [0.5, 0.6) is 0 Å². The van der Waals surface area contributed by atoms with Crippen LogP contribution >= 0.6 is 0 Å². The van der Waals surface area contributed by atoms with Crippen molar-refractivity contribution in [2.24, 2.45) is 34.7 Å². The Balaban J connectivity index is 1.89. The Hall–Kier alpha value is -1.74. The number of carbonyl (C=O) groups excluding carboxylic acids is 1. The Morgan fingerprint density at radius 2 is 1.45 bits per heavy atom. The number of hydrogen-bond acceptors (Lipinski definition) is 15. The summed E-state index contributed by atoms with van der Waals surface area (Å²) in [5.74, 6) is -2.88. The molecular formula is C29H55N7O11. The predicted molar refractivity (Wildman–Crippen MR) is 167 cm³/mol. The summed E-state index contributed by atoms with van der Waals surface area (Å²) in [7, 11) is 8.50. The molecule has 5 unspecified atom stereocenters. The molecule has 18 heteroatoms. The minimum absolute atomic E-state index is 0.0489. The Bertz CT molecular complexity index is 983. The monoisotopic (exact) mass is 677 g/mol. The van der Waals surface area contributed by atoms with Gasteiger partial charge in [0, 0.05) is 87.1 Å². The SMILES string of the molecule is CNC[C@@H]1C(CO)[C@@H](O[C@@H]2C(CO)[C@@H](O[C@@H]3OC(CNC(=O)CN=[N+]=[N-])[C@H](CO)C(CO)[C@H]3OC)C(NC)C[C@H]2NC)OC[C@H]1OC. The first kappa shape index (κ1) is 39.7. The van der Waals surface area contributed by atoms with Gasteiger partial charge in [0.05, 0.1) is 44.2 Å². The lowest BCUT2D eigenvalue weighted by Crippen LogP contribution is -2.66. The standard InChI is InChI=1S/C29H55N7O11/c1-31-7-15-18(12-39)28(44-14-23(15)42-4)46-25-19(13-40)26(21(33-3)6-20(25)32-2)47-29-27(43-5)17(11-38)16(10-37)22(45-29)8-34-24(41)9-35-36-30/h15-23,25-29,31-33,37-40H,6-14H2,1-5H3,(H,34,41)/t15-,16-,17?,18?,19?,20-,21?,22?,23-,25-,26-,27-,28-,29+/m1/s1. The molecular weight excluding hydrogens is 622 g/mol. The maximum atomic E-state index is 12.2. The molecule has 2 saturated heterocycles. The first-order chi connectivity index (χ1) is 22.8. The molecule has 1 saturated carbocycles. The van der Waals surface area contributed by atoms with Gasteiger partial charge in [-0.05, 0) is 33.1 Å². The van der Waals surface area contributed by atoms with Gasteiger partial charge in [-0.15, -0.1) is 0 Å². The summed E-state index contributed by atoms with van der Waals surface area (Å²) in [5.41, 5.74) is 8.53. The molecule has 0 aromatic carbocycles. The topological polar surface area (TPSA) is 250 Å². The fourth-order valence-electron chi connectivity index (χ4n) is 7.36. The van der Waals surface area contributed by atoms with Gasteiger partial charge in [-0.1, -0.05) is 5.11 Å². The molecule has 3 rings (SSSR count). The maximum absolute atomic E-state index is 12.2. The third kappa shape index (κ3) is 9.49. The Kier molecular flexibility index (Phi) is 16.9. The summed E-state index contributed by atoms with van der Waals surface area (Å²) >= 11 is 0. The summed E-state index contributed by atoms with van der Waals surface area (Å²) < 4.78 is 37.1. The van der Waals surface area contributed by atoms with E-state index in [1.165, 1.54) is 7.11 Å². The van der Waals surface area contributed by atoms with E-state index in [1.54, 1.807) is 14.2 Å². The lowest BCUT2D eigenvalue weighted by Gasteiger charge is -2.51. The fourth-order valence-corrected chi connectivity index (χ4v) is 7.36. The van der Waals surface area contributed by atoms with Gasteiger partial charge in [0.25, 0.3) is 0 Å². The zero-order valence-electron chi connectivity index (χ0n) is 27.9. The second-order valence-corrected chi connectivity index (χ2v) is 12.2. The van der Waals surface area contributed by atoms with Crippen molar-refractivity contribution in [3.63, 3.8) is 0 Å². The van der Waals surface area contributed by atoms with Crippen molar-refractivity contribution in [3.8, 4) is 0 Å². The largest absolute Gasteiger partial charge is 0.396 e. The van der Waals surface area contributed by atoms with Crippen LogP contribution < -0.4 is 21.3 Å². The zero-order chi connectivity index (χ0) is 34.5. The minimum atomic E-state index is -1.07. The first-order valence-electron chi connectivity index (χ1n) is 16.1. The lowest BCUT2D eigenvalue weighted by atomic mass is 9.77. The molecule has 3 aliphatic rings. The average Bonchev–Trinajstić information content (AvgIpc) is 3.09. The van der Waals surface area contributed by atoms with E-state index in [0.29, 0.717) is 13.0 Å². The van der Waals surface area contributed by atoms with Crippen molar-refractivity contribution in [2.75, 3.05) is 88.0 Å². The van der Waals surface area contributed by atoms with Crippen molar-refractivity contribution in [1.82, 2.24) is 21.3 Å². The highest BCUT2D eigenvalue weighted by Crippen LogP contribution is 2.39. The van der Waals surface area contributed by atoms with Gasteiger partial charge < -0.3 is 70.1 Å². The fraction of sp³-hybridized carbons (Fsp3) is 0.966. The number of carbonyl (C=O) groups is 1. The van der Waals surface area contributed by atoms with Crippen molar-refractivity contribution < 1.29 is 53.6 Å². The normalized spacial score (nSPS) is 39.3. The van der Waals surface area contributed by atoms with Crippen LogP contribution in [0.1, 0.15) is 6.42 Å². The van der Waals surface area contributed by atoms with Crippen LogP contribution in [0, 0.1) is 29.6 Å². The van der Waals surface area contributed by atoms with E-state index in [-0.39, 0.29) is 63.7 Å². The number of rotatable bonds is 18. The highest BCUT2D eigenvalue weighted by atomic mass is 16.7. The molecule has 0 spiro atoms. The second-order valence-electron chi connectivity index (χ2n) is 12.2. The molecule has 0 aromatic rings. The summed E-state index contributed by atoms with van der Waals surface area (Å²) in [6.45, 7) is -0.842. The van der Waals surface area contributed by atoms with Crippen LogP contribution in [0.4, 0.5) is 0 Å². The molecule has 2 heterocycles. The second kappa shape index (κ2) is 20.1. The first-order valence-corrected chi connectivity index (χ1v) is 16.1. The van der Waals surface area contributed by atoms with E-state index in [0.717, 1.165) is 0 Å². The van der Waals surface area contributed by atoms with Crippen LogP contribution in [-0.2, 0) is 33.2 Å². The molecule has 47 heavy (non-hydrogen) atoms. The third-order valence-electron chi connectivity index (χ3n) is 9.93. The van der Waals surface area contributed by atoms with Gasteiger partial charge in [0.1, 0.15) is 12.6 Å². The number of likely N-dealkylation sites (N-methyl/N-ethyl adjacent to an activating group) is 2. The maximum Gasteiger partial charge on any atom is 0.225 e. The Morgan fingerprint density at radius 3 is 1.96 bits per heavy atom. The van der Waals surface area contributed by atoms with Crippen LogP contribution in [0.3, 0.4) is 0 Å². The van der Waals surface area contributed by atoms with Crippen molar-refractivity contribution in [3.05, 3.63) is 10.4 Å². The molecule has 0 bridgehead atoms. The molecule has 18 nitrogen and oxygen atoms in total. The van der Waals surface area contributed by atoms with Gasteiger partial charge in [-0.2, -0.15) is 0 Å². The van der Waals surface area contributed by atoms with Crippen molar-refractivity contribution in [1.29, 1.82) is 0 Å². The number of amides is 1. The van der Waals surface area contributed by atoms with Crippen LogP contribution in [0.15, 0.2) is 5.11 Å². The Morgan fingerprint density at radius 1 is 0.830 bits per heavy atom. The molecule has 14 atom stereocenters. The summed E-state index contributed by atoms with van der Waals surface area (Å²) in [5, 5.41) is 57.6. The summed E-state index contributed by atoms with van der Waals surface area (Å²) in [6, 6.07) is -0.518. The molecule has 0 aromatic heterocycles. The number of nitrogens with one attached hydrogen (secondary N) is 4. The van der Waals surface area contributed by atoms with Gasteiger partial charge in [-0.25, -0.2) is 0 Å². The van der Waals surface area contributed by atoms with Crippen molar-refractivity contribution in [2.45, 2.75) is 61.6 Å². The lowest BCUT2D eigenvalue weighted by molar-refractivity contribution is -0.320. The number of azide groups is 1. The van der Waals surface area contributed by atoms with E-state index in [2.05, 4.69) is 31.3 Å². The number of methoxy groups -OCH3 is 2. The number of nitrogens with zero attached hydrogens (tertiary/aromatic N) is 3. The molecule has 8 N–H and O–H groups in total.